The highest BCUT2D eigenvalue weighted by atomic mass is 16.2. The number of carbonyl (C=O) groups excluding carboxylic acids is 2. The number of aromatic nitrogens is 2. The van der Waals surface area contributed by atoms with Crippen molar-refractivity contribution in [3.8, 4) is 0 Å². The molecule has 0 aromatic carbocycles. The maximum atomic E-state index is 12.8. The number of hydrogen-bond donors (Lipinski definition) is 1. The minimum atomic E-state index is -0.404. The van der Waals surface area contributed by atoms with E-state index < -0.39 is 6.04 Å². The van der Waals surface area contributed by atoms with Crippen molar-refractivity contribution in [3.05, 3.63) is 18.0 Å². The van der Waals surface area contributed by atoms with Gasteiger partial charge in [0.2, 0.25) is 5.91 Å². The minimum Gasteiger partial charge on any atom is -0.354 e. The SMILES string of the molecule is CC(C)C[C@H]1C(=O)NCCCN1C(=O)c1ccn(C(C)C)n1. The molecule has 2 rings (SSSR count). The van der Waals surface area contributed by atoms with E-state index in [9.17, 15) is 9.59 Å². The quantitative estimate of drug-likeness (QED) is 0.923. The predicted molar refractivity (Wildman–Crippen MR) is 84.5 cm³/mol. The molecule has 2 heterocycles. The summed E-state index contributed by atoms with van der Waals surface area (Å²) in [5.74, 6) is 0.141. The summed E-state index contributed by atoms with van der Waals surface area (Å²) in [6.07, 6.45) is 3.26. The van der Waals surface area contributed by atoms with Gasteiger partial charge >= 0.3 is 0 Å². The predicted octanol–water partition coefficient (Wildman–Crippen LogP) is 1.84. The molecule has 1 aromatic rings. The third-order valence-electron chi connectivity index (χ3n) is 3.87. The molecule has 1 fully saturated rings. The maximum absolute atomic E-state index is 12.8. The summed E-state index contributed by atoms with van der Waals surface area (Å²) >= 11 is 0. The molecule has 1 atom stereocenters. The Labute approximate surface area is 131 Å². The zero-order valence-corrected chi connectivity index (χ0v) is 13.9. The van der Waals surface area contributed by atoms with Gasteiger partial charge in [-0.25, -0.2) is 0 Å². The Morgan fingerprint density at radius 1 is 1.41 bits per heavy atom. The Bertz CT molecular complexity index is 536. The molecule has 1 aromatic heterocycles. The lowest BCUT2D eigenvalue weighted by atomic mass is 10.0. The number of hydrogen-bond acceptors (Lipinski definition) is 3. The van der Waals surface area contributed by atoms with Crippen LogP contribution in [0.3, 0.4) is 0 Å². The summed E-state index contributed by atoms with van der Waals surface area (Å²) in [4.78, 5) is 26.8. The van der Waals surface area contributed by atoms with E-state index in [0.29, 0.717) is 31.1 Å². The largest absolute Gasteiger partial charge is 0.354 e. The van der Waals surface area contributed by atoms with Crippen LogP contribution in [-0.2, 0) is 4.79 Å². The summed E-state index contributed by atoms with van der Waals surface area (Å²) in [6.45, 7) is 9.37. The third-order valence-corrected chi connectivity index (χ3v) is 3.87. The molecule has 122 valence electrons. The maximum Gasteiger partial charge on any atom is 0.275 e. The second-order valence-corrected chi connectivity index (χ2v) is 6.56. The van der Waals surface area contributed by atoms with Crippen LogP contribution in [0.15, 0.2) is 12.3 Å². The minimum absolute atomic E-state index is 0.0529. The van der Waals surface area contributed by atoms with Crippen LogP contribution in [0.1, 0.15) is 57.1 Å². The molecule has 6 nitrogen and oxygen atoms in total. The molecule has 0 aliphatic carbocycles. The molecule has 0 bridgehead atoms. The molecule has 1 aliphatic rings. The first-order chi connectivity index (χ1) is 10.4. The van der Waals surface area contributed by atoms with Crippen LogP contribution in [0.4, 0.5) is 0 Å². The van der Waals surface area contributed by atoms with Gasteiger partial charge in [-0.05, 0) is 38.7 Å². The molecule has 1 aliphatic heterocycles. The average Bonchev–Trinajstić information content (AvgIpc) is 2.87. The fourth-order valence-electron chi connectivity index (χ4n) is 2.69. The van der Waals surface area contributed by atoms with Gasteiger partial charge in [0, 0.05) is 25.3 Å². The first kappa shape index (κ1) is 16.5. The average molecular weight is 306 g/mol. The first-order valence-corrected chi connectivity index (χ1v) is 8.04. The Balaban J connectivity index is 2.24. The summed E-state index contributed by atoms with van der Waals surface area (Å²) < 4.78 is 1.77. The lowest BCUT2D eigenvalue weighted by Crippen LogP contribution is -2.48. The van der Waals surface area contributed by atoms with Crippen molar-refractivity contribution >= 4 is 11.8 Å². The van der Waals surface area contributed by atoms with Crippen molar-refractivity contribution in [1.29, 1.82) is 0 Å². The Morgan fingerprint density at radius 2 is 2.14 bits per heavy atom. The summed E-state index contributed by atoms with van der Waals surface area (Å²) in [6, 6.07) is 1.54. The van der Waals surface area contributed by atoms with Crippen LogP contribution in [0.25, 0.3) is 0 Å². The molecular formula is C16H26N4O2. The van der Waals surface area contributed by atoms with Crippen LogP contribution < -0.4 is 5.32 Å². The monoisotopic (exact) mass is 306 g/mol. The van der Waals surface area contributed by atoms with Gasteiger partial charge in [-0.3, -0.25) is 14.3 Å². The van der Waals surface area contributed by atoms with Gasteiger partial charge in [-0.15, -0.1) is 0 Å². The van der Waals surface area contributed by atoms with E-state index >= 15 is 0 Å². The van der Waals surface area contributed by atoms with Gasteiger partial charge in [-0.1, -0.05) is 13.8 Å². The van der Waals surface area contributed by atoms with Gasteiger partial charge < -0.3 is 10.2 Å². The number of rotatable bonds is 4. The van der Waals surface area contributed by atoms with Crippen molar-refractivity contribution in [3.63, 3.8) is 0 Å². The van der Waals surface area contributed by atoms with Gasteiger partial charge in [0.1, 0.15) is 11.7 Å². The van der Waals surface area contributed by atoms with Crippen LogP contribution in [-0.4, -0.2) is 45.6 Å². The van der Waals surface area contributed by atoms with Crippen molar-refractivity contribution < 1.29 is 9.59 Å². The number of carbonyl (C=O) groups is 2. The standard InChI is InChI=1S/C16H26N4O2/c1-11(2)10-14-15(21)17-7-5-8-19(14)16(22)13-6-9-20(18-13)12(3)4/h6,9,11-12,14H,5,7-8,10H2,1-4H3,(H,17,21)/t14-/m0/s1. The normalized spacial score (nSPS) is 19.5. The highest BCUT2D eigenvalue weighted by Crippen LogP contribution is 2.18. The Hall–Kier alpha value is -1.85. The fourth-order valence-corrected chi connectivity index (χ4v) is 2.69. The van der Waals surface area contributed by atoms with E-state index in [4.69, 9.17) is 0 Å². The zero-order chi connectivity index (χ0) is 16.3. The van der Waals surface area contributed by atoms with Crippen molar-refractivity contribution in [1.82, 2.24) is 20.0 Å². The lowest BCUT2D eigenvalue weighted by Gasteiger charge is -2.29. The lowest BCUT2D eigenvalue weighted by molar-refractivity contribution is -0.125. The van der Waals surface area contributed by atoms with E-state index in [-0.39, 0.29) is 17.9 Å². The summed E-state index contributed by atoms with van der Waals surface area (Å²) in [7, 11) is 0. The highest BCUT2D eigenvalue weighted by molar-refractivity contribution is 5.96. The van der Waals surface area contributed by atoms with Crippen LogP contribution in [0.5, 0.6) is 0 Å². The molecule has 1 N–H and O–H groups in total. The Morgan fingerprint density at radius 3 is 2.73 bits per heavy atom. The number of nitrogens with zero attached hydrogens (tertiary/aromatic N) is 3. The second-order valence-electron chi connectivity index (χ2n) is 6.56. The van der Waals surface area contributed by atoms with Crippen LogP contribution in [0.2, 0.25) is 0 Å². The fraction of sp³-hybridized carbons (Fsp3) is 0.688. The van der Waals surface area contributed by atoms with Crippen LogP contribution in [0, 0.1) is 5.92 Å². The third kappa shape index (κ3) is 3.67. The topological polar surface area (TPSA) is 67.2 Å². The molecule has 1 saturated heterocycles. The molecule has 0 radical (unpaired) electrons. The van der Waals surface area contributed by atoms with Gasteiger partial charge in [-0.2, -0.15) is 5.10 Å². The van der Waals surface area contributed by atoms with E-state index in [1.807, 2.05) is 20.0 Å². The zero-order valence-electron chi connectivity index (χ0n) is 13.9. The van der Waals surface area contributed by atoms with Gasteiger partial charge in [0.05, 0.1) is 0 Å². The molecular weight excluding hydrogens is 280 g/mol. The number of amides is 2. The van der Waals surface area contributed by atoms with Crippen molar-refractivity contribution in [2.24, 2.45) is 5.92 Å². The molecule has 0 spiro atoms. The Kier molecular flexibility index (Phi) is 5.21. The van der Waals surface area contributed by atoms with E-state index in [1.54, 1.807) is 15.6 Å². The molecule has 0 saturated carbocycles. The van der Waals surface area contributed by atoms with E-state index in [2.05, 4.69) is 24.3 Å². The van der Waals surface area contributed by atoms with Gasteiger partial charge in [0.15, 0.2) is 0 Å². The second kappa shape index (κ2) is 6.94. The van der Waals surface area contributed by atoms with E-state index in [0.717, 1.165) is 6.42 Å². The molecule has 2 amide bonds. The smallest absolute Gasteiger partial charge is 0.275 e. The molecule has 0 unspecified atom stereocenters. The highest BCUT2D eigenvalue weighted by Gasteiger charge is 2.33. The van der Waals surface area contributed by atoms with E-state index in [1.165, 1.54) is 0 Å². The van der Waals surface area contributed by atoms with Crippen molar-refractivity contribution in [2.45, 2.75) is 52.6 Å². The summed E-state index contributed by atoms with van der Waals surface area (Å²) in [5, 5.41) is 7.25. The molecule has 6 heteroatoms. The first-order valence-electron chi connectivity index (χ1n) is 8.04. The number of nitrogens with one attached hydrogen (secondary N) is 1. The van der Waals surface area contributed by atoms with Gasteiger partial charge in [0.25, 0.3) is 5.91 Å². The van der Waals surface area contributed by atoms with Crippen molar-refractivity contribution in [2.75, 3.05) is 13.1 Å². The molecule has 22 heavy (non-hydrogen) atoms. The van der Waals surface area contributed by atoms with Crippen LogP contribution >= 0.6 is 0 Å². The summed E-state index contributed by atoms with van der Waals surface area (Å²) in [5.41, 5.74) is 0.414.